The lowest BCUT2D eigenvalue weighted by Gasteiger charge is -2.47. The number of amides is 1. The molecule has 3 aliphatic rings. The Morgan fingerprint density at radius 3 is 2.56 bits per heavy atom. The van der Waals surface area contributed by atoms with Crippen molar-refractivity contribution >= 4 is 46.0 Å². The fraction of sp³-hybridized carbons (Fsp3) is 0.448. The SMILES string of the molecule is CCN1c2ccc(/C=C3/SC(=Nc4ccc(N5CCOCC5)cc4)N(C)C3=O)cc2C(C)CC1(C)C. The van der Waals surface area contributed by atoms with E-state index in [4.69, 9.17) is 9.73 Å². The molecule has 0 aromatic heterocycles. The van der Waals surface area contributed by atoms with Gasteiger partial charge in [-0.25, -0.2) is 4.99 Å². The minimum Gasteiger partial charge on any atom is -0.378 e. The second kappa shape index (κ2) is 9.94. The molecule has 3 aliphatic heterocycles. The van der Waals surface area contributed by atoms with Crippen molar-refractivity contribution in [2.45, 2.75) is 45.6 Å². The number of carbonyl (C=O) groups excluding carboxylic acids is 1. The van der Waals surface area contributed by atoms with Crippen molar-refractivity contribution in [2.75, 3.05) is 49.7 Å². The Hall–Kier alpha value is -2.77. The number of fused-ring (bicyclic) bond motifs is 1. The lowest BCUT2D eigenvalue weighted by atomic mass is 9.79. The summed E-state index contributed by atoms with van der Waals surface area (Å²) < 4.78 is 5.45. The maximum absolute atomic E-state index is 13.0. The molecule has 7 heteroatoms. The number of likely N-dealkylation sites (N-methyl/N-ethyl adjacent to an activating group) is 1. The van der Waals surface area contributed by atoms with E-state index < -0.39 is 0 Å². The van der Waals surface area contributed by atoms with E-state index in [1.807, 2.05) is 18.2 Å². The Labute approximate surface area is 219 Å². The molecule has 36 heavy (non-hydrogen) atoms. The van der Waals surface area contributed by atoms with Crippen LogP contribution < -0.4 is 9.80 Å². The van der Waals surface area contributed by atoms with Gasteiger partial charge in [0.2, 0.25) is 0 Å². The quantitative estimate of drug-likeness (QED) is 0.488. The van der Waals surface area contributed by atoms with Crippen molar-refractivity contribution in [3.05, 3.63) is 58.5 Å². The summed E-state index contributed by atoms with van der Waals surface area (Å²) in [7, 11) is 1.80. The first kappa shape index (κ1) is 24.9. The Morgan fingerprint density at radius 1 is 1.14 bits per heavy atom. The number of nitrogens with zero attached hydrogens (tertiary/aromatic N) is 4. The van der Waals surface area contributed by atoms with Crippen molar-refractivity contribution in [1.29, 1.82) is 0 Å². The van der Waals surface area contributed by atoms with Crippen molar-refractivity contribution in [3.8, 4) is 0 Å². The van der Waals surface area contributed by atoms with Crippen LogP contribution in [0.2, 0.25) is 0 Å². The van der Waals surface area contributed by atoms with Gasteiger partial charge in [0.25, 0.3) is 5.91 Å². The van der Waals surface area contributed by atoms with Gasteiger partial charge in [-0.2, -0.15) is 0 Å². The first-order chi connectivity index (χ1) is 17.3. The van der Waals surface area contributed by atoms with Crippen molar-refractivity contribution in [1.82, 2.24) is 4.90 Å². The van der Waals surface area contributed by atoms with Gasteiger partial charge < -0.3 is 14.5 Å². The van der Waals surface area contributed by atoms with Gasteiger partial charge in [0, 0.05) is 43.6 Å². The number of hydrogen-bond acceptors (Lipinski definition) is 6. The third-order valence-electron chi connectivity index (χ3n) is 7.48. The van der Waals surface area contributed by atoms with Crippen LogP contribution in [0.25, 0.3) is 6.08 Å². The third-order valence-corrected chi connectivity index (χ3v) is 8.54. The molecule has 190 valence electrons. The number of ether oxygens (including phenoxy) is 1. The molecule has 2 fully saturated rings. The van der Waals surface area contributed by atoms with Crippen LogP contribution in [0.1, 0.15) is 51.2 Å². The standard InChI is InChI=1S/C29H36N4O2S/c1-6-33-25-12-7-21(17-24(25)20(2)19-29(33,3)4)18-26-27(34)31(5)28(36-26)30-22-8-10-23(11-9-22)32-13-15-35-16-14-32/h7-12,17-18,20H,6,13-16,19H2,1-5H3/b26-18+,30-28?. The Morgan fingerprint density at radius 2 is 1.86 bits per heavy atom. The van der Waals surface area contributed by atoms with E-state index in [1.165, 1.54) is 28.7 Å². The number of amidine groups is 1. The van der Waals surface area contributed by atoms with Crippen LogP contribution in [-0.4, -0.2) is 61.4 Å². The highest BCUT2D eigenvalue weighted by atomic mass is 32.2. The first-order valence-corrected chi connectivity index (χ1v) is 13.7. The van der Waals surface area contributed by atoms with Crippen LogP contribution in [0.4, 0.5) is 17.1 Å². The van der Waals surface area contributed by atoms with Gasteiger partial charge in [0.05, 0.1) is 23.8 Å². The van der Waals surface area contributed by atoms with Gasteiger partial charge in [0.1, 0.15) is 0 Å². The molecular formula is C29H36N4O2S. The molecule has 1 amide bonds. The smallest absolute Gasteiger partial charge is 0.266 e. The number of morpholine rings is 1. The highest BCUT2D eigenvalue weighted by Crippen LogP contribution is 2.44. The number of aliphatic imine (C=N–C) groups is 1. The molecule has 1 atom stereocenters. The lowest BCUT2D eigenvalue weighted by molar-refractivity contribution is -0.121. The van der Waals surface area contributed by atoms with Crippen LogP contribution in [0.3, 0.4) is 0 Å². The van der Waals surface area contributed by atoms with Crippen LogP contribution in [0, 0.1) is 0 Å². The molecule has 0 spiro atoms. The predicted molar refractivity (Wildman–Crippen MR) is 151 cm³/mol. The van der Waals surface area contributed by atoms with Gasteiger partial charge in [-0.15, -0.1) is 0 Å². The summed E-state index contributed by atoms with van der Waals surface area (Å²) in [5.74, 6) is 0.467. The van der Waals surface area contributed by atoms with E-state index in [1.54, 1.807) is 11.9 Å². The number of carbonyl (C=O) groups is 1. The summed E-state index contributed by atoms with van der Waals surface area (Å²) in [5.41, 5.74) is 5.92. The minimum atomic E-state index is -0.00854. The molecule has 0 aliphatic carbocycles. The Kier molecular flexibility index (Phi) is 6.88. The van der Waals surface area contributed by atoms with E-state index in [9.17, 15) is 4.79 Å². The normalized spacial score (nSPS) is 24.1. The van der Waals surface area contributed by atoms with Crippen molar-refractivity contribution in [2.24, 2.45) is 4.99 Å². The number of rotatable bonds is 4. The zero-order valence-corrected chi connectivity index (χ0v) is 22.8. The highest BCUT2D eigenvalue weighted by molar-refractivity contribution is 8.18. The number of thioether (sulfide) groups is 1. The van der Waals surface area contributed by atoms with E-state index >= 15 is 0 Å². The van der Waals surface area contributed by atoms with Crippen molar-refractivity contribution in [3.63, 3.8) is 0 Å². The van der Waals surface area contributed by atoms with E-state index in [-0.39, 0.29) is 11.4 Å². The van der Waals surface area contributed by atoms with E-state index in [0.717, 1.165) is 50.5 Å². The highest BCUT2D eigenvalue weighted by Gasteiger charge is 2.35. The number of benzene rings is 2. The van der Waals surface area contributed by atoms with Crippen LogP contribution in [-0.2, 0) is 9.53 Å². The average molecular weight is 505 g/mol. The molecule has 2 aromatic rings. The molecule has 0 saturated carbocycles. The second-order valence-corrected chi connectivity index (χ2v) is 11.5. The number of hydrogen-bond donors (Lipinski definition) is 0. The topological polar surface area (TPSA) is 48.4 Å². The van der Waals surface area contributed by atoms with Crippen LogP contribution >= 0.6 is 11.8 Å². The zero-order valence-electron chi connectivity index (χ0n) is 22.0. The Bertz CT molecular complexity index is 1200. The molecule has 3 heterocycles. The molecule has 6 nitrogen and oxygen atoms in total. The van der Waals surface area contributed by atoms with Gasteiger partial charge in [-0.05, 0) is 98.5 Å². The maximum Gasteiger partial charge on any atom is 0.266 e. The molecule has 2 aromatic carbocycles. The van der Waals surface area contributed by atoms with Crippen LogP contribution in [0.15, 0.2) is 52.4 Å². The maximum atomic E-state index is 13.0. The van der Waals surface area contributed by atoms with Crippen LogP contribution in [0.5, 0.6) is 0 Å². The average Bonchev–Trinajstić information content (AvgIpc) is 3.12. The largest absolute Gasteiger partial charge is 0.378 e. The predicted octanol–water partition coefficient (Wildman–Crippen LogP) is 5.87. The molecule has 1 unspecified atom stereocenters. The molecule has 0 radical (unpaired) electrons. The molecule has 5 rings (SSSR count). The van der Waals surface area contributed by atoms with Gasteiger partial charge in [-0.3, -0.25) is 9.69 Å². The molecule has 0 N–H and O–H groups in total. The lowest BCUT2D eigenvalue weighted by Crippen LogP contribution is -2.48. The Balaban J connectivity index is 1.36. The van der Waals surface area contributed by atoms with E-state index in [0.29, 0.717) is 16.0 Å². The zero-order chi connectivity index (χ0) is 25.4. The molecule has 2 saturated heterocycles. The third kappa shape index (κ3) is 4.78. The summed E-state index contributed by atoms with van der Waals surface area (Å²) >= 11 is 1.44. The summed E-state index contributed by atoms with van der Waals surface area (Å²) in [6.07, 6.45) is 3.13. The van der Waals surface area contributed by atoms with Gasteiger partial charge >= 0.3 is 0 Å². The minimum absolute atomic E-state index is 0.00854. The summed E-state index contributed by atoms with van der Waals surface area (Å²) in [5, 5.41) is 0.704. The van der Waals surface area contributed by atoms with E-state index in [2.05, 4.69) is 67.8 Å². The monoisotopic (exact) mass is 504 g/mol. The second-order valence-electron chi connectivity index (χ2n) is 10.5. The number of anilines is 2. The molecule has 0 bridgehead atoms. The summed E-state index contributed by atoms with van der Waals surface area (Å²) in [6, 6.07) is 14.8. The summed E-state index contributed by atoms with van der Waals surface area (Å²) in [6.45, 7) is 13.5. The van der Waals surface area contributed by atoms with Gasteiger partial charge in [-0.1, -0.05) is 13.0 Å². The fourth-order valence-corrected chi connectivity index (χ4v) is 6.66. The molecular weight excluding hydrogens is 468 g/mol. The van der Waals surface area contributed by atoms with Gasteiger partial charge in [0.15, 0.2) is 5.17 Å². The van der Waals surface area contributed by atoms with Crippen molar-refractivity contribution < 1.29 is 9.53 Å². The summed E-state index contributed by atoms with van der Waals surface area (Å²) in [4.78, 5) is 25.0. The first-order valence-electron chi connectivity index (χ1n) is 12.9. The fourth-order valence-electron chi connectivity index (χ4n) is 5.67.